The molecule has 106 valence electrons. The standard InChI is InChI=1S/C11H16BrN3O3S/c1-2-3-6-14-11(16)15-19(17,18)8-4-5-10(13)9(12)7-8/h4-5,7H,2-3,6,13H2,1H3,(H2,14,15,16). The van der Waals surface area contributed by atoms with Crippen LogP contribution in [0.5, 0.6) is 0 Å². The Balaban J connectivity index is 2.75. The Morgan fingerprint density at radius 3 is 2.68 bits per heavy atom. The number of urea groups is 1. The van der Waals surface area contributed by atoms with Crippen molar-refractivity contribution in [2.24, 2.45) is 0 Å². The molecule has 0 bridgehead atoms. The number of carbonyl (C=O) groups is 1. The summed E-state index contributed by atoms with van der Waals surface area (Å²) in [5.74, 6) is 0. The minimum absolute atomic E-state index is 0.0285. The highest BCUT2D eigenvalue weighted by molar-refractivity contribution is 9.10. The van der Waals surface area contributed by atoms with Gasteiger partial charge >= 0.3 is 6.03 Å². The molecule has 0 heterocycles. The van der Waals surface area contributed by atoms with Crippen LogP contribution in [-0.2, 0) is 10.0 Å². The van der Waals surface area contributed by atoms with E-state index in [2.05, 4.69) is 21.2 Å². The van der Waals surface area contributed by atoms with E-state index < -0.39 is 16.1 Å². The molecular weight excluding hydrogens is 334 g/mol. The van der Waals surface area contributed by atoms with Crippen LogP contribution >= 0.6 is 15.9 Å². The van der Waals surface area contributed by atoms with Crippen LogP contribution in [0.4, 0.5) is 10.5 Å². The summed E-state index contributed by atoms with van der Waals surface area (Å²) >= 11 is 3.14. The fourth-order valence-corrected chi connectivity index (χ4v) is 2.76. The number of amides is 2. The Morgan fingerprint density at radius 1 is 1.42 bits per heavy atom. The van der Waals surface area contributed by atoms with E-state index in [0.717, 1.165) is 12.8 Å². The van der Waals surface area contributed by atoms with Crippen LogP contribution in [0.25, 0.3) is 0 Å². The molecule has 1 aromatic carbocycles. The number of halogens is 1. The number of carbonyl (C=O) groups excluding carboxylic acids is 1. The van der Waals surface area contributed by atoms with E-state index in [9.17, 15) is 13.2 Å². The van der Waals surface area contributed by atoms with Crippen molar-refractivity contribution in [1.82, 2.24) is 10.0 Å². The summed E-state index contributed by atoms with van der Waals surface area (Å²) in [6.45, 7) is 2.41. The van der Waals surface area contributed by atoms with Crippen LogP contribution in [-0.4, -0.2) is 21.0 Å². The molecule has 0 aliphatic carbocycles. The molecule has 0 aliphatic rings. The van der Waals surface area contributed by atoms with Crippen molar-refractivity contribution >= 4 is 37.7 Å². The van der Waals surface area contributed by atoms with Crippen LogP contribution in [0.15, 0.2) is 27.6 Å². The Morgan fingerprint density at radius 2 is 2.11 bits per heavy atom. The van der Waals surface area contributed by atoms with Gasteiger partial charge < -0.3 is 11.1 Å². The quantitative estimate of drug-likeness (QED) is 0.557. The lowest BCUT2D eigenvalue weighted by atomic mass is 10.3. The first-order chi connectivity index (χ1) is 8.86. The first kappa shape index (κ1) is 15.8. The van der Waals surface area contributed by atoms with Crippen LogP contribution in [0.3, 0.4) is 0 Å². The van der Waals surface area contributed by atoms with Gasteiger partial charge in [-0.2, -0.15) is 0 Å². The second kappa shape index (κ2) is 6.76. The fourth-order valence-electron chi connectivity index (χ4n) is 1.27. The van der Waals surface area contributed by atoms with Gasteiger partial charge in [0, 0.05) is 16.7 Å². The van der Waals surface area contributed by atoms with Gasteiger partial charge in [0.15, 0.2) is 0 Å². The minimum Gasteiger partial charge on any atom is -0.398 e. The summed E-state index contributed by atoms with van der Waals surface area (Å²) in [5.41, 5.74) is 6.00. The molecule has 8 heteroatoms. The van der Waals surface area contributed by atoms with E-state index in [1.54, 1.807) is 0 Å². The molecule has 0 aromatic heterocycles. The number of anilines is 1. The highest BCUT2D eigenvalue weighted by atomic mass is 79.9. The van der Waals surface area contributed by atoms with Gasteiger partial charge in [-0.1, -0.05) is 13.3 Å². The maximum absolute atomic E-state index is 11.9. The summed E-state index contributed by atoms with van der Waals surface area (Å²) < 4.78 is 26.2. The molecule has 1 rings (SSSR count). The van der Waals surface area contributed by atoms with Gasteiger partial charge in [0.05, 0.1) is 4.90 Å². The van der Waals surface area contributed by atoms with Crippen LogP contribution < -0.4 is 15.8 Å². The normalized spacial score (nSPS) is 11.1. The molecule has 0 saturated heterocycles. The van der Waals surface area contributed by atoms with E-state index in [4.69, 9.17) is 5.73 Å². The summed E-state index contributed by atoms with van der Waals surface area (Å²) in [6.07, 6.45) is 1.71. The Bertz CT molecular complexity index is 560. The molecule has 2 amide bonds. The lowest BCUT2D eigenvalue weighted by Gasteiger charge is -2.09. The number of rotatable bonds is 5. The third kappa shape index (κ3) is 4.71. The van der Waals surface area contributed by atoms with Gasteiger partial charge in [-0.15, -0.1) is 0 Å². The second-order valence-corrected chi connectivity index (χ2v) is 6.44. The van der Waals surface area contributed by atoms with Crippen LogP contribution in [0.2, 0.25) is 0 Å². The van der Waals surface area contributed by atoms with E-state index >= 15 is 0 Å². The second-order valence-electron chi connectivity index (χ2n) is 3.90. The van der Waals surface area contributed by atoms with E-state index in [1.165, 1.54) is 18.2 Å². The van der Waals surface area contributed by atoms with Crippen molar-refractivity contribution in [2.75, 3.05) is 12.3 Å². The van der Waals surface area contributed by atoms with Crippen molar-refractivity contribution in [3.63, 3.8) is 0 Å². The summed E-state index contributed by atoms with van der Waals surface area (Å²) in [4.78, 5) is 11.4. The van der Waals surface area contributed by atoms with Gasteiger partial charge in [-0.25, -0.2) is 17.9 Å². The number of nitrogens with two attached hydrogens (primary N) is 1. The Hall–Kier alpha value is -1.28. The molecule has 0 spiro atoms. The smallest absolute Gasteiger partial charge is 0.328 e. The SMILES string of the molecule is CCCCNC(=O)NS(=O)(=O)c1ccc(N)c(Br)c1. The van der Waals surface area contributed by atoms with Crippen LogP contribution in [0, 0.1) is 0 Å². The van der Waals surface area contributed by atoms with Gasteiger partial charge in [-0.3, -0.25) is 0 Å². The fraction of sp³-hybridized carbons (Fsp3) is 0.364. The molecule has 0 unspecified atom stereocenters. The lowest BCUT2D eigenvalue weighted by Crippen LogP contribution is -2.39. The van der Waals surface area contributed by atoms with Crippen LogP contribution in [0.1, 0.15) is 19.8 Å². The maximum atomic E-state index is 11.9. The summed E-state index contributed by atoms with van der Waals surface area (Å²) in [5, 5.41) is 2.47. The molecule has 0 fully saturated rings. The maximum Gasteiger partial charge on any atom is 0.328 e. The number of benzene rings is 1. The van der Waals surface area contributed by atoms with E-state index in [1.807, 2.05) is 11.6 Å². The topological polar surface area (TPSA) is 101 Å². The van der Waals surface area contributed by atoms with E-state index in [-0.39, 0.29) is 4.90 Å². The zero-order chi connectivity index (χ0) is 14.5. The molecule has 19 heavy (non-hydrogen) atoms. The van der Waals surface area contributed by atoms with Gasteiger partial charge in [-0.05, 0) is 40.5 Å². The largest absolute Gasteiger partial charge is 0.398 e. The molecule has 0 aliphatic heterocycles. The Kier molecular flexibility index (Phi) is 5.61. The molecular formula is C11H16BrN3O3S. The first-order valence-electron chi connectivity index (χ1n) is 5.72. The highest BCUT2D eigenvalue weighted by Gasteiger charge is 2.18. The van der Waals surface area contributed by atoms with Gasteiger partial charge in [0.2, 0.25) is 0 Å². The van der Waals surface area contributed by atoms with Crippen molar-refractivity contribution in [2.45, 2.75) is 24.7 Å². The summed E-state index contributed by atoms with van der Waals surface area (Å²) in [6, 6.07) is 3.40. The van der Waals surface area contributed by atoms with Crippen molar-refractivity contribution < 1.29 is 13.2 Å². The first-order valence-corrected chi connectivity index (χ1v) is 8.00. The predicted octanol–water partition coefficient (Wildman–Crippen LogP) is 1.82. The van der Waals surface area contributed by atoms with E-state index in [0.29, 0.717) is 16.7 Å². The zero-order valence-corrected chi connectivity index (χ0v) is 12.8. The third-order valence-electron chi connectivity index (χ3n) is 2.33. The molecule has 0 saturated carbocycles. The van der Waals surface area contributed by atoms with Crippen molar-refractivity contribution in [3.8, 4) is 0 Å². The number of sulfonamides is 1. The minimum atomic E-state index is -3.88. The number of hydrogen-bond donors (Lipinski definition) is 3. The number of hydrogen-bond acceptors (Lipinski definition) is 4. The third-order valence-corrected chi connectivity index (χ3v) is 4.34. The van der Waals surface area contributed by atoms with Crippen molar-refractivity contribution in [1.29, 1.82) is 0 Å². The summed E-state index contributed by atoms with van der Waals surface area (Å²) in [7, 11) is -3.88. The molecule has 6 nitrogen and oxygen atoms in total. The molecule has 1 aromatic rings. The number of unbranched alkanes of at least 4 members (excludes halogenated alkanes) is 1. The number of nitrogen functional groups attached to an aromatic ring is 1. The molecule has 0 atom stereocenters. The molecule has 0 radical (unpaired) electrons. The average Bonchev–Trinajstić information content (AvgIpc) is 2.32. The average molecular weight is 350 g/mol. The van der Waals surface area contributed by atoms with Crippen molar-refractivity contribution in [3.05, 3.63) is 22.7 Å². The van der Waals surface area contributed by atoms with Gasteiger partial charge in [0.25, 0.3) is 10.0 Å². The monoisotopic (exact) mass is 349 g/mol. The predicted molar refractivity (Wildman–Crippen MR) is 77.2 cm³/mol. The van der Waals surface area contributed by atoms with Gasteiger partial charge in [0.1, 0.15) is 0 Å². The molecule has 4 N–H and O–H groups in total. The Labute approximate surface area is 120 Å². The highest BCUT2D eigenvalue weighted by Crippen LogP contribution is 2.22. The zero-order valence-electron chi connectivity index (χ0n) is 10.4. The lowest BCUT2D eigenvalue weighted by molar-refractivity contribution is 0.245. The number of nitrogens with one attached hydrogen (secondary N) is 2.